The number of carbonyl (C=O) groups is 1. The van der Waals surface area contributed by atoms with Crippen LogP contribution in [-0.2, 0) is 0 Å². The summed E-state index contributed by atoms with van der Waals surface area (Å²) in [6.07, 6.45) is 4.12. The molecule has 0 unspecified atom stereocenters. The molecule has 0 aromatic heterocycles. The van der Waals surface area contributed by atoms with Crippen LogP contribution in [0.4, 0.5) is 4.79 Å². The Bertz CT molecular complexity index is 223. The van der Waals surface area contributed by atoms with Gasteiger partial charge in [-0.2, -0.15) is 0 Å². The summed E-state index contributed by atoms with van der Waals surface area (Å²) in [5, 5.41) is 12.0. The Kier molecular flexibility index (Phi) is 5.06. The van der Waals surface area contributed by atoms with Crippen LogP contribution in [0.15, 0.2) is 0 Å². The van der Waals surface area contributed by atoms with E-state index < -0.39 is 0 Å². The van der Waals surface area contributed by atoms with Crippen LogP contribution in [0.5, 0.6) is 0 Å². The van der Waals surface area contributed by atoms with E-state index in [0.717, 1.165) is 38.8 Å². The number of carbonyl (C=O) groups excluding carboxylic acids is 1. The molecule has 1 aliphatic heterocycles. The van der Waals surface area contributed by atoms with Gasteiger partial charge < -0.3 is 15.3 Å². The summed E-state index contributed by atoms with van der Waals surface area (Å²) in [4.78, 5) is 13.5. The molecule has 94 valence electrons. The Hall–Kier alpha value is -0.770. The number of hydrogen-bond acceptors (Lipinski definition) is 2. The molecule has 1 aliphatic rings. The smallest absolute Gasteiger partial charge is 0.317 e. The molecule has 1 fully saturated rings. The Labute approximate surface area is 98.0 Å². The third-order valence-corrected chi connectivity index (χ3v) is 3.13. The topological polar surface area (TPSA) is 52.6 Å². The lowest BCUT2D eigenvalue weighted by atomic mass is 9.89. The standard InChI is InChI=1S/C12H24N2O2/c1-12(2,10-15)6-5-7-13-11(16)14-8-3-4-9-14/h15H,3-10H2,1-2H3,(H,13,16). The highest BCUT2D eigenvalue weighted by Gasteiger charge is 2.18. The van der Waals surface area contributed by atoms with Crippen LogP contribution < -0.4 is 5.32 Å². The number of amides is 2. The zero-order valence-corrected chi connectivity index (χ0v) is 10.5. The summed E-state index contributed by atoms with van der Waals surface area (Å²) >= 11 is 0. The van der Waals surface area contributed by atoms with Crippen molar-refractivity contribution in [2.24, 2.45) is 5.41 Å². The highest BCUT2D eigenvalue weighted by molar-refractivity contribution is 5.74. The van der Waals surface area contributed by atoms with Crippen molar-refractivity contribution >= 4 is 6.03 Å². The summed E-state index contributed by atoms with van der Waals surface area (Å²) in [6, 6.07) is 0.0688. The molecule has 4 heteroatoms. The van der Waals surface area contributed by atoms with E-state index >= 15 is 0 Å². The number of nitrogens with one attached hydrogen (secondary N) is 1. The van der Waals surface area contributed by atoms with Gasteiger partial charge in [0.05, 0.1) is 0 Å². The van der Waals surface area contributed by atoms with Gasteiger partial charge in [-0.05, 0) is 31.1 Å². The van der Waals surface area contributed by atoms with E-state index in [1.54, 1.807) is 0 Å². The molecule has 2 amide bonds. The fourth-order valence-electron chi connectivity index (χ4n) is 1.87. The van der Waals surface area contributed by atoms with Crippen LogP contribution in [0.25, 0.3) is 0 Å². The predicted molar refractivity (Wildman–Crippen MR) is 64.3 cm³/mol. The number of rotatable bonds is 5. The van der Waals surface area contributed by atoms with E-state index in [-0.39, 0.29) is 18.1 Å². The molecule has 4 nitrogen and oxygen atoms in total. The third-order valence-electron chi connectivity index (χ3n) is 3.13. The molecular formula is C12H24N2O2. The second kappa shape index (κ2) is 6.09. The average Bonchev–Trinajstić information content (AvgIpc) is 2.77. The normalized spacial score (nSPS) is 16.6. The second-order valence-corrected chi connectivity index (χ2v) is 5.35. The lowest BCUT2D eigenvalue weighted by Crippen LogP contribution is -2.38. The molecule has 16 heavy (non-hydrogen) atoms. The van der Waals surface area contributed by atoms with Gasteiger partial charge in [-0.25, -0.2) is 4.79 Å². The Balaban J connectivity index is 2.08. The Morgan fingerprint density at radius 3 is 2.56 bits per heavy atom. The largest absolute Gasteiger partial charge is 0.396 e. The lowest BCUT2D eigenvalue weighted by Gasteiger charge is -2.22. The zero-order chi connectivity index (χ0) is 12.0. The Morgan fingerprint density at radius 2 is 2.00 bits per heavy atom. The molecule has 2 N–H and O–H groups in total. The number of aliphatic hydroxyl groups excluding tert-OH is 1. The molecule has 0 radical (unpaired) electrons. The van der Waals surface area contributed by atoms with Gasteiger partial charge in [-0.15, -0.1) is 0 Å². The first-order valence-corrected chi connectivity index (χ1v) is 6.19. The summed E-state index contributed by atoms with van der Waals surface area (Å²) in [5.41, 5.74) is -0.0294. The van der Waals surface area contributed by atoms with Crippen molar-refractivity contribution in [3.63, 3.8) is 0 Å². The molecule has 0 atom stereocenters. The van der Waals surface area contributed by atoms with E-state index in [9.17, 15) is 4.79 Å². The van der Waals surface area contributed by atoms with Crippen molar-refractivity contribution in [2.75, 3.05) is 26.2 Å². The van der Waals surface area contributed by atoms with Crippen LogP contribution in [0.3, 0.4) is 0 Å². The maximum atomic E-state index is 11.6. The van der Waals surface area contributed by atoms with Crippen LogP contribution in [0.2, 0.25) is 0 Å². The molecule has 0 bridgehead atoms. The van der Waals surface area contributed by atoms with E-state index in [1.165, 1.54) is 0 Å². The summed E-state index contributed by atoms with van der Waals surface area (Å²) in [6.45, 7) is 6.78. The van der Waals surface area contributed by atoms with Crippen LogP contribution in [0, 0.1) is 5.41 Å². The number of hydrogen-bond donors (Lipinski definition) is 2. The lowest BCUT2D eigenvalue weighted by molar-refractivity contribution is 0.147. The van der Waals surface area contributed by atoms with Crippen molar-refractivity contribution in [2.45, 2.75) is 39.5 Å². The molecular weight excluding hydrogens is 204 g/mol. The van der Waals surface area contributed by atoms with Gasteiger partial charge in [-0.3, -0.25) is 0 Å². The molecule has 0 aliphatic carbocycles. The van der Waals surface area contributed by atoms with E-state index in [1.807, 2.05) is 18.7 Å². The zero-order valence-electron chi connectivity index (χ0n) is 10.5. The maximum absolute atomic E-state index is 11.6. The van der Waals surface area contributed by atoms with E-state index in [2.05, 4.69) is 5.32 Å². The first kappa shape index (κ1) is 13.3. The quantitative estimate of drug-likeness (QED) is 0.702. The monoisotopic (exact) mass is 228 g/mol. The highest BCUT2D eigenvalue weighted by atomic mass is 16.3. The summed E-state index contributed by atoms with van der Waals surface area (Å²) in [5.74, 6) is 0. The first-order chi connectivity index (χ1) is 7.55. The summed E-state index contributed by atoms with van der Waals surface area (Å²) < 4.78 is 0. The molecule has 0 aromatic carbocycles. The van der Waals surface area contributed by atoms with Crippen LogP contribution >= 0.6 is 0 Å². The number of likely N-dealkylation sites (tertiary alicyclic amines) is 1. The maximum Gasteiger partial charge on any atom is 0.317 e. The minimum atomic E-state index is -0.0294. The fraction of sp³-hybridized carbons (Fsp3) is 0.917. The van der Waals surface area contributed by atoms with E-state index in [4.69, 9.17) is 5.11 Å². The number of aliphatic hydroxyl groups is 1. The van der Waals surface area contributed by atoms with Crippen molar-refractivity contribution in [1.29, 1.82) is 0 Å². The van der Waals surface area contributed by atoms with Gasteiger partial charge in [-0.1, -0.05) is 13.8 Å². The van der Waals surface area contributed by atoms with E-state index in [0.29, 0.717) is 6.54 Å². The van der Waals surface area contributed by atoms with Crippen molar-refractivity contribution in [1.82, 2.24) is 10.2 Å². The molecule has 1 heterocycles. The van der Waals surface area contributed by atoms with Gasteiger partial charge in [0, 0.05) is 26.2 Å². The number of urea groups is 1. The van der Waals surface area contributed by atoms with Gasteiger partial charge in [0.1, 0.15) is 0 Å². The van der Waals surface area contributed by atoms with Crippen molar-refractivity contribution in [3.05, 3.63) is 0 Å². The highest BCUT2D eigenvalue weighted by Crippen LogP contribution is 2.20. The van der Waals surface area contributed by atoms with Gasteiger partial charge in [0.25, 0.3) is 0 Å². The average molecular weight is 228 g/mol. The minimum absolute atomic E-state index is 0.0294. The number of nitrogens with zero attached hydrogens (tertiary/aromatic N) is 1. The molecule has 1 saturated heterocycles. The third kappa shape index (κ3) is 4.39. The second-order valence-electron chi connectivity index (χ2n) is 5.35. The molecule has 0 aromatic rings. The molecule has 0 saturated carbocycles. The molecule has 1 rings (SSSR count). The summed E-state index contributed by atoms with van der Waals surface area (Å²) in [7, 11) is 0. The molecule has 0 spiro atoms. The van der Waals surface area contributed by atoms with Crippen molar-refractivity contribution in [3.8, 4) is 0 Å². The minimum Gasteiger partial charge on any atom is -0.396 e. The predicted octanol–water partition coefficient (Wildman–Crippen LogP) is 1.59. The van der Waals surface area contributed by atoms with Crippen LogP contribution in [0.1, 0.15) is 39.5 Å². The van der Waals surface area contributed by atoms with Crippen LogP contribution in [-0.4, -0.2) is 42.3 Å². The van der Waals surface area contributed by atoms with Gasteiger partial charge in [0.2, 0.25) is 0 Å². The fourth-order valence-corrected chi connectivity index (χ4v) is 1.87. The SMILES string of the molecule is CC(C)(CO)CCCNC(=O)N1CCCC1. The van der Waals surface area contributed by atoms with Crippen molar-refractivity contribution < 1.29 is 9.90 Å². The van der Waals surface area contributed by atoms with Gasteiger partial charge >= 0.3 is 6.03 Å². The Morgan fingerprint density at radius 1 is 1.38 bits per heavy atom. The first-order valence-electron chi connectivity index (χ1n) is 6.19. The van der Waals surface area contributed by atoms with Gasteiger partial charge in [0.15, 0.2) is 0 Å².